The number of guanidine groups is 1. The topological polar surface area (TPSA) is 58.4 Å². The van der Waals surface area contributed by atoms with Gasteiger partial charge in [-0.25, -0.2) is 0 Å². The van der Waals surface area contributed by atoms with Gasteiger partial charge < -0.3 is 15.2 Å². The molecule has 0 aliphatic heterocycles. The molecule has 0 aromatic carbocycles. The molecule has 140 valence electrons. The maximum Gasteiger partial charge on any atom is 0.250 e. The smallest absolute Gasteiger partial charge is 0.250 e. The molecule has 0 fully saturated rings. The summed E-state index contributed by atoms with van der Waals surface area (Å²) in [5.74, 6) is 0.864. The first kappa shape index (κ1) is 21.7. The van der Waals surface area contributed by atoms with E-state index in [4.69, 9.17) is 0 Å². The van der Waals surface area contributed by atoms with E-state index >= 15 is 0 Å². The number of aliphatic imine (C=N–C) groups is 1. The lowest BCUT2D eigenvalue weighted by Gasteiger charge is -2.15. The largest absolute Gasteiger partial charge is 0.356 e. The van der Waals surface area contributed by atoms with E-state index in [1.54, 1.807) is 29.3 Å². The zero-order valence-corrected chi connectivity index (χ0v) is 17.5. The van der Waals surface area contributed by atoms with Crippen molar-refractivity contribution in [2.45, 2.75) is 51.5 Å². The summed E-state index contributed by atoms with van der Waals surface area (Å²) in [7, 11) is 1.80. The molecule has 2 rings (SSSR count). The highest BCUT2D eigenvalue weighted by Crippen LogP contribution is 2.19. The first-order valence-electron chi connectivity index (χ1n) is 9.07. The molecule has 2 N–H and O–H groups in total. The maximum absolute atomic E-state index is 11.6. The molecule has 0 amide bonds. The Morgan fingerprint density at radius 2 is 2.04 bits per heavy atom. The van der Waals surface area contributed by atoms with Crippen LogP contribution in [0, 0.1) is 0 Å². The zero-order chi connectivity index (χ0) is 17.0. The van der Waals surface area contributed by atoms with Gasteiger partial charge in [-0.2, -0.15) is 0 Å². The van der Waals surface area contributed by atoms with E-state index in [2.05, 4.69) is 21.7 Å². The molecule has 1 heterocycles. The lowest BCUT2D eigenvalue weighted by molar-refractivity contribution is 0.585. The number of nitrogens with one attached hydrogen (secondary N) is 2. The number of aromatic nitrogens is 1. The third kappa shape index (κ3) is 8.56. The second-order valence-electron chi connectivity index (χ2n) is 6.22. The molecule has 0 saturated carbocycles. The summed E-state index contributed by atoms with van der Waals surface area (Å²) in [6, 6.07) is 5.28. The Bertz CT molecular complexity index is 609. The highest BCUT2D eigenvalue weighted by Gasteiger charge is 2.04. The molecule has 5 nitrogen and oxygen atoms in total. The van der Waals surface area contributed by atoms with Crippen molar-refractivity contribution in [3.8, 4) is 0 Å². The molecule has 0 bridgehead atoms. The fraction of sp³-hybridized carbons (Fsp3) is 0.579. The summed E-state index contributed by atoms with van der Waals surface area (Å²) in [6.45, 7) is 2.57. The van der Waals surface area contributed by atoms with Crippen LogP contribution >= 0.6 is 24.0 Å². The SMILES string of the molecule is CN=C(NCCCCn1ccccc1=O)NCCC1=CCCCC1.I. The van der Waals surface area contributed by atoms with Gasteiger partial charge in [-0.3, -0.25) is 9.79 Å². The van der Waals surface area contributed by atoms with Crippen molar-refractivity contribution in [3.63, 3.8) is 0 Å². The normalized spacial score (nSPS) is 14.4. The molecule has 0 radical (unpaired) electrons. The number of hydrogen-bond donors (Lipinski definition) is 2. The van der Waals surface area contributed by atoms with Crippen LogP contribution in [-0.2, 0) is 6.54 Å². The third-order valence-corrected chi connectivity index (χ3v) is 4.36. The van der Waals surface area contributed by atoms with Gasteiger partial charge in [0.2, 0.25) is 5.56 Å². The fourth-order valence-electron chi connectivity index (χ4n) is 2.95. The first-order chi connectivity index (χ1) is 11.8. The summed E-state index contributed by atoms with van der Waals surface area (Å²) in [5, 5.41) is 6.72. The lowest BCUT2D eigenvalue weighted by atomic mass is 9.97. The highest BCUT2D eigenvalue weighted by atomic mass is 127. The van der Waals surface area contributed by atoms with Gasteiger partial charge in [-0.05, 0) is 51.0 Å². The summed E-state index contributed by atoms with van der Waals surface area (Å²) in [6.07, 6.45) is 12.5. The molecular formula is C19H31IN4O. The number of allylic oxidation sites excluding steroid dienone is 1. The average Bonchev–Trinajstić information content (AvgIpc) is 2.62. The minimum atomic E-state index is 0. The van der Waals surface area contributed by atoms with Gasteiger partial charge in [0.1, 0.15) is 0 Å². The zero-order valence-electron chi connectivity index (χ0n) is 15.2. The predicted molar refractivity (Wildman–Crippen MR) is 116 cm³/mol. The second kappa shape index (κ2) is 13.0. The molecule has 0 atom stereocenters. The van der Waals surface area contributed by atoms with Crippen molar-refractivity contribution in [1.29, 1.82) is 0 Å². The van der Waals surface area contributed by atoms with Crippen LogP contribution in [0.3, 0.4) is 0 Å². The van der Waals surface area contributed by atoms with Crippen molar-refractivity contribution in [2.24, 2.45) is 4.99 Å². The monoisotopic (exact) mass is 458 g/mol. The standard InChI is InChI=1S/C19H30N4O.HI/c1-20-19(22-14-12-17-9-3-2-4-10-17)21-13-6-8-16-23-15-7-5-11-18(23)24;/h5,7,9,11,15H,2-4,6,8,10,12-14,16H2,1H3,(H2,20,21,22);1H. The molecule has 25 heavy (non-hydrogen) atoms. The van der Waals surface area contributed by atoms with Crippen molar-refractivity contribution in [2.75, 3.05) is 20.1 Å². The van der Waals surface area contributed by atoms with Crippen LogP contribution in [0.15, 0.2) is 45.8 Å². The van der Waals surface area contributed by atoms with Gasteiger partial charge in [0.15, 0.2) is 5.96 Å². The lowest BCUT2D eigenvalue weighted by Crippen LogP contribution is -2.38. The minimum absolute atomic E-state index is 0. The van der Waals surface area contributed by atoms with Crippen LogP contribution in [0.5, 0.6) is 0 Å². The number of aryl methyl sites for hydroxylation is 1. The molecule has 1 aromatic heterocycles. The van der Waals surface area contributed by atoms with Gasteiger partial charge in [0.25, 0.3) is 0 Å². The Kier molecular flexibility index (Phi) is 11.3. The fourth-order valence-corrected chi connectivity index (χ4v) is 2.95. The molecule has 0 saturated heterocycles. The third-order valence-electron chi connectivity index (χ3n) is 4.36. The van der Waals surface area contributed by atoms with Gasteiger partial charge in [0.05, 0.1) is 0 Å². The Labute approximate surface area is 168 Å². The number of halogens is 1. The molecule has 0 unspecified atom stereocenters. The van der Waals surface area contributed by atoms with Crippen LogP contribution in [0.2, 0.25) is 0 Å². The Morgan fingerprint density at radius 3 is 2.76 bits per heavy atom. The number of hydrogen-bond acceptors (Lipinski definition) is 2. The van der Waals surface area contributed by atoms with Gasteiger partial charge >= 0.3 is 0 Å². The molecule has 1 aliphatic rings. The number of pyridine rings is 1. The van der Waals surface area contributed by atoms with Crippen molar-refractivity contribution in [1.82, 2.24) is 15.2 Å². The summed E-state index contributed by atoms with van der Waals surface area (Å²) < 4.78 is 1.75. The van der Waals surface area contributed by atoms with E-state index in [1.165, 1.54) is 25.7 Å². The van der Waals surface area contributed by atoms with Crippen molar-refractivity contribution in [3.05, 3.63) is 46.4 Å². The molecule has 1 aliphatic carbocycles. The van der Waals surface area contributed by atoms with E-state index in [0.29, 0.717) is 0 Å². The minimum Gasteiger partial charge on any atom is -0.356 e. The number of rotatable bonds is 8. The average molecular weight is 458 g/mol. The van der Waals surface area contributed by atoms with E-state index in [9.17, 15) is 4.79 Å². The van der Waals surface area contributed by atoms with Crippen molar-refractivity contribution < 1.29 is 0 Å². The molecular weight excluding hydrogens is 427 g/mol. The van der Waals surface area contributed by atoms with E-state index < -0.39 is 0 Å². The maximum atomic E-state index is 11.6. The first-order valence-corrected chi connectivity index (χ1v) is 9.07. The number of unbranched alkanes of at least 4 members (excludes halogenated alkanes) is 1. The molecule has 1 aromatic rings. The summed E-state index contributed by atoms with van der Waals surface area (Å²) >= 11 is 0. The molecule has 6 heteroatoms. The van der Waals surface area contributed by atoms with Gasteiger partial charge in [-0.1, -0.05) is 17.7 Å². The molecule has 0 spiro atoms. The van der Waals surface area contributed by atoms with Crippen LogP contribution < -0.4 is 16.2 Å². The van der Waals surface area contributed by atoms with Crippen molar-refractivity contribution >= 4 is 29.9 Å². The Hall–Kier alpha value is -1.31. The van der Waals surface area contributed by atoms with Crippen LogP contribution in [0.25, 0.3) is 0 Å². The van der Waals surface area contributed by atoms with E-state index in [1.807, 2.05) is 12.3 Å². The van der Waals surface area contributed by atoms with Crippen LogP contribution in [-0.4, -0.2) is 30.7 Å². The summed E-state index contributed by atoms with van der Waals surface area (Å²) in [4.78, 5) is 15.9. The van der Waals surface area contributed by atoms with E-state index in [-0.39, 0.29) is 29.5 Å². The quantitative estimate of drug-likeness (QED) is 0.207. The van der Waals surface area contributed by atoms with Crippen LogP contribution in [0.4, 0.5) is 0 Å². The summed E-state index contributed by atoms with van der Waals surface area (Å²) in [5.41, 5.74) is 1.65. The highest BCUT2D eigenvalue weighted by molar-refractivity contribution is 14.0. The second-order valence-corrected chi connectivity index (χ2v) is 6.22. The number of nitrogens with zero attached hydrogens (tertiary/aromatic N) is 2. The van der Waals surface area contributed by atoms with Gasteiger partial charge in [0, 0.05) is 38.9 Å². The van der Waals surface area contributed by atoms with Crippen LogP contribution in [0.1, 0.15) is 44.9 Å². The van der Waals surface area contributed by atoms with Gasteiger partial charge in [-0.15, -0.1) is 24.0 Å². The Balaban J connectivity index is 0.00000312. The van der Waals surface area contributed by atoms with E-state index in [0.717, 1.165) is 44.9 Å². The predicted octanol–water partition coefficient (Wildman–Crippen LogP) is 3.30. The Morgan fingerprint density at radius 1 is 1.20 bits per heavy atom.